The molecule has 6 nitrogen and oxygen atoms in total. The third-order valence-electron chi connectivity index (χ3n) is 4.39. The molecule has 11 heteroatoms. The highest BCUT2D eigenvalue weighted by molar-refractivity contribution is 7.99. The Balaban J connectivity index is 1.63. The maximum Gasteiger partial charge on any atom is 0.418 e. The highest BCUT2D eigenvalue weighted by atomic mass is 35.5. The molecular formula is C21H20ClF3N4O2S. The largest absolute Gasteiger partial charge is 0.484 e. The van der Waals surface area contributed by atoms with Crippen LogP contribution in [-0.4, -0.2) is 26.4 Å². The number of benzene rings is 2. The molecule has 32 heavy (non-hydrogen) atoms. The predicted octanol–water partition coefficient (Wildman–Crippen LogP) is 5.59. The molecule has 0 aliphatic rings. The second-order valence-corrected chi connectivity index (χ2v) is 8.10. The standard InChI is InChI=1S/C21H20ClF3N4O2S/c1-3-29-18(11-31-17-10-13(2)8-9-15(17)22)27-28-20(29)32-12-19(30)26-16-7-5-4-6-14(16)21(23,24)25/h4-10H,3,11-12H2,1-2H3,(H,26,30). The van der Waals surface area contributed by atoms with Crippen molar-refractivity contribution in [3.05, 3.63) is 64.4 Å². The highest BCUT2D eigenvalue weighted by Gasteiger charge is 2.33. The van der Waals surface area contributed by atoms with Gasteiger partial charge in [-0.05, 0) is 43.7 Å². The van der Waals surface area contributed by atoms with Crippen molar-refractivity contribution < 1.29 is 22.7 Å². The summed E-state index contributed by atoms with van der Waals surface area (Å²) in [5.74, 6) is 0.348. The van der Waals surface area contributed by atoms with Gasteiger partial charge in [-0.3, -0.25) is 4.79 Å². The Bertz CT molecular complexity index is 1100. The molecule has 1 aromatic heterocycles. The van der Waals surface area contributed by atoms with Crippen LogP contribution in [0.15, 0.2) is 47.6 Å². The van der Waals surface area contributed by atoms with Crippen LogP contribution in [0, 0.1) is 6.92 Å². The van der Waals surface area contributed by atoms with Crippen molar-refractivity contribution in [1.29, 1.82) is 0 Å². The molecule has 0 bridgehead atoms. The summed E-state index contributed by atoms with van der Waals surface area (Å²) in [6.45, 7) is 4.45. The van der Waals surface area contributed by atoms with Gasteiger partial charge in [0.15, 0.2) is 11.0 Å². The Labute approximate surface area is 192 Å². The molecule has 0 spiro atoms. The van der Waals surface area contributed by atoms with Crippen LogP contribution in [0.25, 0.3) is 0 Å². The second kappa shape index (κ2) is 10.3. The molecule has 2 aromatic carbocycles. The number of aromatic nitrogens is 3. The van der Waals surface area contributed by atoms with E-state index >= 15 is 0 Å². The number of aryl methyl sites for hydroxylation is 1. The number of amides is 1. The molecule has 0 radical (unpaired) electrons. The summed E-state index contributed by atoms with van der Waals surface area (Å²) in [6, 6.07) is 10.3. The number of nitrogens with zero attached hydrogens (tertiary/aromatic N) is 3. The van der Waals surface area contributed by atoms with Gasteiger partial charge in [0, 0.05) is 6.54 Å². The highest BCUT2D eigenvalue weighted by Crippen LogP contribution is 2.34. The van der Waals surface area contributed by atoms with Crippen LogP contribution in [-0.2, 0) is 24.1 Å². The number of para-hydroxylation sites is 1. The lowest BCUT2D eigenvalue weighted by Gasteiger charge is -2.13. The topological polar surface area (TPSA) is 69.0 Å². The van der Waals surface area contributed by atoms with Gasteiger partial charge in [0.2, 0.25) is 5.91 Å². The number of hydrogen-bond donors (Lipinski definition) is 1. The number of carbonyl (C=O) groups is 1. The normalized spacial score (nSPS) is 11.4. The van der Waals surface area contributed by atoms with Crippen LogP contribution in [0.3, 0.4) is 0 Å². The summed E-state index contributed by atoms with van der Waals surface area (Å²) in [6.07, 6.45) is -4.56. The number of rotatable bonds is 8. The fourth-order valence-electron chi connectivity index (χ4n) is 2.87. The van der Waals surface area contributed by atoms with Gasteiger partial charge < -0.3 is 14.6 Å². The average molecular weight is 485 g/mol. The van der Waals surface area contributed by atoms with Gasteiger partial charge >= 0.3 is 6.18 Å². The second-order valence-electron chi connectivity index (χ2n) is 6.75. The van der Waals surface area contributed by atoms with E-state index in [9.17, 15) is 18.0 Å². The smallest absolute Gasteiger partial charge is 0.418 e. The zero-order valence-electron chi connectivity index (χ0n) is 17.2. The van der Waals surface area contributed by atoms with Gasteiger partial charge in [0.05, 0.1) is 22.0 Å². The number of anilines is 1. The molecule has 0 saturated carbocycles. The molecule has 170 valence electrons. The van der Waals surface area contributed by atoms with E-state index in [1.165, 1.54) is 18.2 Å². The van der Waals surface area contributed by atoms with Gasteiger partial charge in [-0.15, -0.1) is 10.2 Å². The number of ether oxygens (including phenoxy) is 1. The molecular weight excluding hydrogens is 465 g/mol. The first-order chi connectivity index (χ1) is 15.2. The van der Waals surface area contributed by atoms with E-state index in [1.54, 1.807) is 10.6 Å². The van der Waals surface area contributed by atoms with Gasteiger partial charge in [-0.2, -0.15) is 13.2 Å². The number of thioether (sulfide) groups is 1. The average Bonchev–Trinajstić information content (AvgIpc) is 3.14. The molecule has 0 fully saturated rings. The summed E-state index contributed by atoms with van der Waals surface area (Å²) in [7, 11) is 0. The van der Waals surface area contributed by atoms with Crippen LogP contribution in [0.5, 0.6) is 5.75 Å². The lowest BCUT2D eigenvalue weighted by Crippen LogP contribution is -2.18. The molecule has 0 atom stereocenters. The molecule has 3 rings (SSSR count). The van der Waals surface area contributed by atoms with Crippen LogP contribution in [0.4, 0.5) is 18.9 Å². The summed E-state index contributed by atoms with van der Waals surface area (Å²) >= 11 is 7.22. The van der Waals surface area contributed by atoms with E-state index < -0.39 is 17.6 Å². The summed E-state index contributed by atoms with van der Waals surface area (Å²) < 4.78 is 46.8. The fraction of sp³-hybridized carbons (Fsp3) is 0.286. The molecule has 1 amide bonds. The van der Waals surface area contributed by atoms with E-state index in [-0.39, 0.29) is 18.0 Å². The van der Waals surface area contributed by atoms with Crippen molar-refractivity contribution in [2.24, 2.45) is 0 Å². The Morgan fingerprint density at radius 1 is 1.22 bits per heavy atom. The number of halogens is 4. The molecule has 0 saturated heterocycles. The van der Waals surface area contributed by atoms with E-state index in [0.29, 0.717) is 28.3 Å². The molecule has 0 unspecified atom stereocenters. The number of carbonyl (C=O) groups excluding carboxylic acids is 1. The minimum absolute atomic E-state index is 0.121. The molecule has 0 aliphatic heterocycles. The van der Waals surface area contributed by atoms with Gasteiger partial charge in [0.25, 0.3) is 0 Å². The lowest BCUT2D eigenvalue weighted by molar-refractivity contribution is -0.137. The third kappa shape index (κ3) is 5.95. The number of nitrogens with one attached hydrogen (secondary N) is 1. The van der Waals surface area contributed by atoms with Crippen molar-refractivity contribution in [1.82, 2.24) is 14.8 Å². The SMILES string of the molecule is CCn1c(COc2cc(C)ccc2Cl)nnc1SCC(=O)Nc1ccccc1C(F)(F)F. The quantitative estimate of drug-likeness (QED) is 0.422. The van der Waals surface area contributed by atoms with Crippen LogP contribution in [0.1, 0.15) is 23.9 Å². The Morgan fingerprint density at radius 2 is 1.97 bits per heavy atom. The molecule has 3 aromatic rings. The summed E-state index contributed by atoms with van der Waals surface area (Å²) in [4.78, 5) is 12.3. The first-order valence-corrected chi connectivity index (χ1v) is 10.9. The van der Waals surface area contributed by atoms with E-state index in [0.717, 1.165) is 23.4 Å². The Morgan fingerprint density at radius 3 is 2.69 bits per heavy atom. The van der Waals surface area contributed by atoms with Gasteiger partial charge in [-0.1, -0.05) is 41.6 Å². The predicted molar refractivity (Wildman–Crippen MR) is 117 cm³/mol. The van der Waals surface area contributed by atoms with Crippen molar-refractivity contribution in [2.45, 2.75) is 38.3 Å². The van der Waals surface area contributed by atoms with Crippen LogP contribution >= 0.6 is 23.4 Å². The number of hydrogen-bond acceptors (Lipinski definition) is 5. The minimum atomic E-state index is -4.56. The fourth-order valence-corrected chi connectivity index (χ4v) is 3.86. The van der Waals surface area contributed by atoms with Crippen LogP contribution in [0.2, 0.25) is 5.02 Å². The maximum absolute atomic E-state index is 13.1. The number of alkyl halides is 3. The molecule has 1 heterocycles. The molecule has 1 N–H and O–H groups in total. The van der Waals surface area contributed by atoms with Crippen molar-refractivity contribution in [2.75, 3.05) is 11.1 Å². The monoisotopic (exact) mass is 484 g/mol. The Hall–Kier alpha value is -2.72. The van der Waals surface area contributed by atoms with E-state index in [1.807, 2.05) is 26.0 Å². The van der Waals surface area contributed by atoms with Gasteiger partial charge in [-0.25, -0.2) is 0 Å². The van der Waals surface area contributed by atoms with E-state index in [2.05, 4.69) is 15.5 Å². The zero-order chi connectivity index (χ0) is 23.3. The lowest BCUT2D eigenvalue weighted by atomic mass is 10.1. The minimum Gasteiger partial charge on any atom is -0.484 e. The zero-order valence-corrected chi connectivity index (χ0v) is 18.8. The van der Waals surface area contributed by atoms with Gasteiger partial charge in [0.1, 0.15) is 12.4 Å². The van der Waals surface area contributed by atoms with Crippen molar-refractivity contribution in [3.63, 3.8) is 0 Å². The Kier molecular flexibility index (Phi) is 7.68. The van der Waals surface area contributed by atoms with Crippen LogP contribution < -0.4 is 10.1 Å². The summed E-state index contributed by atoms with van der Waals surface area (Å²) in [5.41, 5.74) is -0.188. The van der Waals surface area contributed by atoms with E-state index in [4.69, 9.17) is 16.3 Å². The van der Waals surface area contributed by atoms with Crippen molar-refractivity contribution in [3.8, 4) is 5.75 Å². The summed E-state index contributed by atoms with van der Waals surface area (Å²) in [5, 5.41) is 11.4. The van der Waals surface area contributed by atoms with Crippen molar-refractivity contribution >= 4 is 35.0 Å². The first-order valence-electron chi connectivity index (χ1n) is 9.59. The maximum atomic E-state index is 13.1. The molecule has 0 aliphatic carbocycles. The first kappa shape index (κ1) is 23.9. The third-order valence-corrected chi connectivity index (χ3v) is 5.67.